The number of hydrogen-bond acceptors (Lipinski definition) is 5. The lowest BCUT2D eigenvalue weighted by Gasteiger charge is -2.17. The zero-order chi connectivity index (χ0) is 28.2. The van der Waals surface area contributed by atoms with Crippen molar-refractivity contribution in [2.75, 3.05) is 5.32 Å². The van der Waals surface area contributed by atoms with Crippen LogP contribution in [0.5, 0.6) is 5.75 Å². The summed E-state index contributed by atoms with van der Waals surface area (Å²) in [5, 5.41) is 4.77. The molecule has 6 rings (SSSR count). The van der Waals surface area contributed by atoms with Crippen molar-refractivity contribution in [3.05, 3.63) is 142 Å². The number of hydrogen-bond donors (Lipinski definition) is 2. The van der Waals surface area contributed by atoms with Gasteiger partial charge >= 0.3 is 0 Å². The molecule has 41 heavy (non-hydrogen) atoms. The molecular formula is C33H28ClN5O2. The molecule has 3 aromatic carbocycles. The van der Waals surface area contributed by atoms with Gasteiger partial charge in [0.05, 0.1) is 40.5 Å². The summed E-state index contributed by atoms with van der Waals surface area (Å²) >= 11 is 6.54. The Hall–Kier alpha value is -4.88. The average molecular weight is 562 g/mol. The quantitative estimate of drug-likeness (QED) is 0.194. The van der Waals surface area contributed by atoms with Crippen LogP contribution in [0.4, 0.5) is 5.69 Å². The lowest BCUT2D eigenvalue weighted by Crippen LogP contribution is -2.19. The van der Waals surface area contributed by atoms with Gasteiger partial charge in [0.15, 0.2) is 0 Å². The first-order chi connectivity index (χ1) is 20.0. The van der Waals surface area contributed by atoms with Crippen LogP contribution in [0.25, 0.3) is 22.2 Å². The van der Waals surface area contributed by atoms with E-state index in [0.29, 0.717) is 21.9 Å². The van der Waals surface area contributed by atoms with Crippen LogP contribution >= 0.6 is 11.6 Å². The van der Waals surface area contributed by atoms with Crippen LogP contribution < -0.4 is 15.6 Å². The molecule has 0 amide bonds. The number of ether oxygens (including phenoxy) is 1. The van der Waals surface area contributed by atoms with Crippen molar-refractivity contribution >= 4 is 28.2 Å². The molecule has 3 heterocycles. The van der Waals surface area contributed by atoms with Gasteiger partial charge < -0.3 is 19.6 Å². The second kappa shape index (κ2) is 11.7. The number of benzene rings is 3. The van der Waals surface area contributed by atoms with Crippen molar-refractivity contribution in [1.82, 2.24) is 19.5 Å². The fourth-order valence-corrected chi connectivity index (χ4v) is 5.08. The third kappa shape index (κ3) is 6.00. The van der Waals surface area contributed by atoms with Gasteiger partial charge in [0, 0.05) is 41.0 Å². The Kier molecular flexibility index (Phi) is 7.52. The minimum atomic E-state index is -0.258. The summed E-state index contributed by atoms with van der Waals surface area (Å²) in [6.07, 6.45) is 5.43. The zero-order valence-corrected chi connectivity index (χ0v) is 23.2. The number of pyridine rings is 2. The van der Waals surface area contributed by atoms with Gasteiger partial charge in [0.1, 0.15) is 12.4 Å². The second-order valence-electron chi connectivity index (χ2n) is 9.87. The molecule has 0 aliphatic carbocycles. The third-order valence-corrected chi connectivity index (χ3v) is 7.24. The topological polar surface area (TPSA) is 84.8 Å². The van der Waals surface area contributed by atoms with E-state index >= 15 is 0 Å². The van der Waals surface area contributed by atoms with E-state index in [0.717, 1.165) is 34.6 Å². The van der Waals surface area contributed by atoms with Crippen LogP contribution in [0.1, 0.15) is 29.8 Å². The summed E-state index contributed by atoms with van der Waals surface area (Å²) in [7, 11) is 0. The Labute approximate surface area is 242 Å². The maximum absolute atomic E-state index is 13.1. The van der Waals surface area contributed by atoms with Gasteiger partial charge in [0.2, 0.25) is 0 Å². The largest absolute Gasteiger partial charge is 0.486 e. The molecule has 2 N–H and O–H groups in total. The van der Waals surface area contributed by atoms with Gasteiger partial charge in [-0.05, 0) is 48.9 Å². The maximum Gasteiger partial charge on any atom is 0.253 e. The number of imidazole rings is 1. The van der Waals surface area contributed by atoms with Crippen molar-refractivity contribution in [3.8, 4) is 17.0 Å². The molecule has 0 fully saturated rings. The van der Waals surface area contributed by atoms with Crippen molar-refractivity contribution in [3.63, 3.8) is 0 Å². The van der Waals surface area contributed by atoms with Gasteiger partial charge in [-0.3, -0.25) is 9.78 Å². The van der Waals surface area contributed by atoms with Gasteiger partial charge in [-0.1, -0.05) is 60.1 Å². The molecular weight excluding hydrogens is 534 g/mol. The molecule has 204 valence electrons. The predicted octanol–water partition coefficient (Wildman–Crippen LogP) is 7.24. The molecule has 3 aromatic heterocycles. The fourth-order valence-electron chi connectivity index (χ4n) is 4.85. The SMILES string of the molecule is C[C@H](Nc1cccc(-c2cncn2Cc2ccccc2)c1)c1cc2cc(Cl)c(OCc3ccccn3)cc2[nH]c1=O. The van der Waals surface area contributed by atoms with E-state index in [4.69, 9.17) is 16.3 Å². The Morgan fingerprint density at radius 2 is 1.85 bits per heavy atom. The molecule has 0 aliphatic rings. The number of halogens is 1. The summed E-state index contributed by atoms with van der Waals surface area (Å²) in [5.41, 5.74) is 6.04. The first-order valence-corrected chi connectivity index (χ1v) is 13.7. The van der Waals surface area contributed by atoms with Crippen molar-refractivity contribution in [2.45, 2.75) is 26.1 Å². The Morgan fingerprint density at radius 1 is 1.00 bits per heavy atom. The van der Waals surface area contributed by atoms with Gasteiger partial charge in [-0.25, -0.2) is 4.98 Å². The summed E-state index contributed by atoms with van der Waals surface area (Å²) < 4.78 is 8.00. The molecule has 8 heteroatoms. The fraction of sp³-hybridized carbons (Fsp3) is 0.121. The van der Waals surface area contributed by atoms with E-state index in [1.165, 1.54) is 5.56 Å². The molecule has 1 atom stereocenters. The van der Waals surface area contributed by atoms with E-state index in [-0.39, 0.29) is 18.2 Å². The van der Waals surface area contributed by atoms with E-state index in [9.17, 15) is 4.79 Å². The molecule has 0 bridgehead atoms. The first kappa shape index (κ1) is 26.3. The van der Waals surface area contributed by atoms with Gasteiger partial charge in [0.25, 0.3) is 5.56 Å². The van der Waals surface area contributed by atoms with Gasteiger partial charge in [-0.15, -0.1) is 0 Å². The van der Waals surface area contributed by atoms with Crippen LogP contribution in [-0.2, 0) is 13.2 Å². The van der Waals surface area contributed by atoms with E-state index in [1.807, 2.05) is 80.1 Å². The minimum Gasteiger partial charge on any atom is -0.486 e. The number of rotatable bonds is 9. The predicted molar refractivity (Wildman–Crippen MR) is 163 cm³/mol. The highest BCUT2D eigenvalue weighted by atomic mass is 35.5. The summed E-state index contributed by atoms with van der Waals surface area (Å²) in [6, 6.07) is 29.3. The van der Waals surface area contributed by atoms with Crippen LogP contribution in [0, 0.1) is 0 Å². The first-order valence-electron chi connectivity index (χ1n) is 13.3. The Morgan fingerprint density at radius 3 is 2.68 bits per heavy atom. The van der Waals surface area contributed by atoms with E-state index < -0.39 is 0 Å². The summed E-state index contributed by atoms with van der Waals surface area (Å²) in [5.74, 6) is 0.489. The molecule has 7 nitrogen and oxygen atoms in total. The smallest absolute Gasteiger partial charge is 0.253 e. The number of nitrogens with one attached hydrogen (secondary N) is 2. The van der Waals surface area contributed by atoms with Crippen molar-refractivity contribution in [1.29, 1.82) is 0 Å². The van der Waals surface area contributed by atoms with Crippen LogP contribution in [0.2, 0.25) is 5.02 Å². The van der Waals surface area contributed by atoms with Crippen molar-refractivity contribution in [2.24, 2.45) is 0 Å². The van der Waals surface area contributed by atoms with Crippen LogP contribution in [0.3, 0.4) is 0 Å². The lowest BCUT2D eigenvalue weighted by molar-refractivity contribution is 0.302. The van der Waals surface area contributed by atoms with Crippen molar-refractivity contribution < 1.29 is 4.74 Å². The highest BCUT2D eigenvalue weighted by Crippen LogP contribution is 2.31. The molecule has 0 aliphatic heterocycles. The monoisotopic (exact) mass is 561 g/mol. The Balaban J connectivity index is 1.21. The van der Waals surface area contributed by atoms with Crippen LogP contribution in [0.15, 0.2) is 115 Å². The summed E-state index contributed by atoms with van der Waals surface area (Å²) in [6.45, 7) is 2.98. The molecule has 0 saturated heterocycles. The standard InChI is InChI=1S/C33H28ClN5O2/c1-22(37-26-12-7-10-24(14-26)31-18-35-21-39(31)19-23-8-3-2-4-9-23)28-15-25-16-29(34)32(17-30(25)38-33(28)40)41-20-27-11-5-6-13-36-27/h2-18,21-22,37H,19-20H2,1H3,(H,38,40)/t22-/m0/s1. The average Bonchev–Trinajstić information content (AvgIpc) is 3.45. The van der Waals surface area contributed by atoms with E-state index in [1.54, 1.807) is 12.3 Å². The normalized spacial score (nSPS) is 11.9. The molecule has 0 radical (unpaired) electrons. The number of fused-ring (bicyclic) bond motifs is 1. The second-order valence-corrected chi connectivity index (χ2v) is 10.3. The Bertz CT molecular complexity index is 1850. The highest BCUT2D eigenvalue weighted by Gasteiger charge is 2.15. The van der Waals surface area contributed by atoms with Crippen LogP contribution in [-0.4, -0.2) is 19.5 Å². The highest BCUT2D eigenvalue weighted by molar-refractivity contribution is 6.32. The number of anilines is 1. The number of aromatic amines is 1. The molecule has 0 unspecified atom stereocenters. The maximum atomic E-state index is 13.1. The number of aromatic nitrogens is 4. The minimum absolute atomic E-state index is 0.174. The molecule has 6 aromatic rings. The zero-order valence-electron chi connectivity index (χ0n) is 22.4. The lowest BCUT2D eigenvalue weighted by atomic mass is 10.1. The number of nitrogens with zero attached hydrogens (tertiary/aromatic N) is 3. The van der Waals surface area contributed by atoms with E-state index in [2.05, 4.69) is 49.1 Å². The van der Waals surface area contributed by atoms with Gasteiger partial charge in [-0.2, -0.15) is 0 Å². The molecule has 0 spiro atoms. The third-order valence-electron chi connectivity index (χ3n) is 6.94. The number of H-pyrrole nitrogens is 1. The summed E-state index contributed by atoms with van der Waals surface area (Å²) in [4.78, 5) is 24.8. The molecule has 0 saturated carbocycles.